The Bertz CT molecular complexity index is 710. The molecule has 5 nitrogen and oxygen atoms in total. The first-order valence-electron chi connectivity index (χ1n) is 7.48. The van der Waals surface area contributed by atoms with Crippen molar-refractivity contribution in [1.82, 2.24) is 5.16 Å². The molecule has 0 fully saturated rings. The van der Waals surface area contributed by atoms with E-state index < -0.39 is 6.10 Å². The maximum atomic E-state index is 12.2. The van der Waals surface area contributed by atoms with Gasteiger partial charge in [0, 0.05) is 11.1 Å². The van der Waals surface area contributed by atoms with Crippen LogP contribution in [0.5, 0.6) is 5.75 Å². The van der Waals surface area contributed by atoms with E-state index in [1.54, 1.807) is 19.9 Å². The first-order valence-corrected chi connectivity index (χ1v) is 7.86. The van der Waals surface area contributed by atoms with E-state index in [9.17, 15) is 4.79 Å². The minimum absolute atomic E-state index is 0.271. The second kappa shape index (κ2) is 7.04. The Labute approximate surface area is 141 Å². The van der Waals surface area contributed by atoms with Crippen LogP contribution in [-0.4, -0.2) is 17.2 Å². The number of benzene rings is 1. The standard InChI is InChI=1S/C17H21ClN2O3/c1-9(2)13-8-15(10(3)6-14(13)18)22-12(5)17(21)19-16-7-11(4)23-20-16/h6-9,12H,1-5H3,(H,19,20,21). The van der Waals surface area contributed by atoms with Crippen LogP contribution in [0.15, 0.2) is 22.7 Å². The number of carbonyl (C=O) groups is 1. The fourth-order valence-corrected chi connectivity index (χ4v) is 2.57. The monoisotopic (exact) mass is 336 g/mol. The number of hydrogen-bond donors (Lipinski definition) is 1. The van der Waals surface area contributed by atoms with Crippen LogP contribution in [0, 0.1) is 13.8 Å². The maximum absolute atomic E-state index is 12.2. The maximum Gasteiger partial charge on any atom is 0.266 e. The zero-order chi connectivity index (χ0) is 17.1. The molecule has 0 spiro atoms. The summed E-state index contributed by atoms with van der Waals surface area (Å²) < 4.78 is 10.7. The second-order valence-electron chi connectivity index (χ2n) is 5.87. The molecule has 23 heavy (non-hydrogen) atoms. The molecule has 6 heteroatoms. The highest BCUT2D eigenvalue weighted by Crippen LogP contribution is 2.32. The Balaban J connectivity index is 2.11. The lowest BCUT2D eigenvalue weighted by atomic mass is 10.0. The third kappa shape index (κ3) is 4.26. The van der Waals surface area contributed by atoms with E-state index in [1.165, 1.54) is 0 Å². The Hall–Kier alpha value is -2.01. The predicted molar refractivity (Wildman–Crippen MR) is 90.2 cm³/mol. The van der Waals surface area contributed by atoms with Gasteiger partial charge in [-0.2, -0.15) is 0 Å². The Kier molecular flexibility index (Phi) is 5.31. The molecule has 2 aromatic rings. The lowest BCUT2D eigenvalue weighted by Gasteiger charge is -2.18. The molecule has 1 unspecified atom stereocenters. The number of carbonyl (C=O) groups excluding carboxylic acids is 1. The van der Waals surface area contributed by atoms with Gasteiger partial charge in [0.05, 0.1) is 0 Å². The molecule has 0 saturated heterocycles. The van der Waals surface area contributed by atoms with Crippen molar-refractivity contribution in [3.63, 3.8) is 0 Å². The van der Waals surface area contributed by atoms with E-state index in [1.807, 2.05) is 19.1 Å². The molecular formula is C17H21ClN2O3. The molecular weight excluding hydrogens is 316 g/mol. The molecule has 0 aliphatic carbocycles. The van der Waals surface area contributed by atoms with Gasteiger partial charge in [0.2, 0.25) is 0 Å². The van der Waals surface area contributed by atoms with Crippen molar-refractivity contribution < 1.29 is 14.1 Å². The molecule has 1 atom stereocenters. The molecule has 2 rings (SSSR count). The Morgan fingerprint density at radius 2 is 1.96 bits per heavy atom. The summed E-state index contributed by atoms with van der Waals surface area (Å²) in [7, 11) is 0. The molecule has 124 valence electrons. The number of aromatic nitrogens is 1. The summed E-state index contributed by atoms with van der Waals surface area (Å²) in [5.41, 5.74) is 1.88. The van der Waals surface area contributed by atoms with Crippen LogP contribution in [0.4, 0.5) is 5.82 Å². The van der Waals surface area contributed by atoms with Gasteiger partial charge in [-0.25, -0.2) is 0 Å². The highest BCUT2D eigenvalue weighted by Gasteiger charge is 2.18. The minimum atomic E-state index is -0.674. The van der Waals surface area contributed by atoms with Crippen molar-refractivity contribution in [2.45, 2.75) is 46.6 Å². The number of nitrogens with zero attached hydrogens (tertiary/aromatic N) is 1. The van der Waals surface area contributed by atoms with Crippen LogP contribution >= 0.6 is 11.6 Å². The number of amides is 1. The lowest BCUT2D eigenvalue weighted by molar-refractivity contribution is -0.122. The summed E-state index contributed by atoms with van der Waals surface area (Å²) in [4.78, 5) is 12.2. The first-order chi connectivity index (χ1) is 10.8. The Morgan fingerprint density at radius 1 is 1.26 bits per heavy atom. The smallest absolute Gasteiger partial charge is 0.266 e. The van der Waals surface area contributed by atoms with Crippen LogP contribution in [0.25, 0.3) is 0 Å². The third-order valence-electron chi connectivity index (χ3n) is 3.47. The van der Waals surface area contributed by atoms with Gasteiger partial charge in [0.25, 0.3) is 5.91 Å². The van der Waals surface area contributed by atoms with Gasteiger partial charge in [0.1, 0.15) is 11.5 Å². The molecule has 0 bridgehead atoms. The molecule has 0 aliphatic heterocycles. The Morgan fingerprint density at radius 3 is 2.52 bits per heavy atom. The highest BCUT2D eigenvalue weighted by molar-refractivity contribution is 6.31. The van der Waals surface area contributed by atoms with Crippen molar-refractivity contribution in [2.24, 2.45) is 0 Å². The van der Waals surface area contributed by atoms with E-state index in [-0.39, 0.29) is 11.8 Å². The molecule has 1 aromatic heterocycles. The summed E-state index contributed by atoms with van der Waals surface area (Å²) in [5, 5.41) is 7.10. The largest absolute Gasteiger partial charge is 0.481 e. The minimum Gasteiger partial charge on any atom is -0.481 e. The van der Waals surface area contributed by atoms with Crippen molar-refractivity contribution in [1.29, 1.82) is 0 Å². The van der Waals surface area contributed by atoms with Crippen LogP contribution in [0.2, 0.25) is 5.02 Å². The van der Waals surface area contributed by atoms with E-state index in [0.29, 0.717) is 22.4 Å². The van der Waals surface area contributed by atoms with Gasteiger partial charge >= 0.3 is 0 Å². The quantitative estimate of drug-likeness (QED) is 0.874. The summed E-state index contributed by atoms with van der Waals surface area (Å²) in [6.07, 6.45) is -0.674. The number of hydrogen-bond acceptors (Lipinski definition) is 4. The van der Waals surface area contributed by atoms with Crippen molar-refractivity contribution in [3.8, 4) is 5.75 Å². The normalized spacial score (nSPS) is 12.3. The average molecular weight is 337 g/mol. The summed E-state index contributed by atoms with van der Waals surface area (Å²) >= 11 is 6.25. The van der Waals surface area contributed by atoms with Gasteiger partial charge in [-0.1, -0.05) is 30.6 Å². The van der Waals surface area contributed by atoms with Crippen LogP contribution in [0.1, 0.15) is 43.6 Å². The SMILES string of the molecule is Cc1cc(NC(=O)C(C)Oc2cc(C(C)C)c(Cl)cc2C)no1. The second-order valence-corrected chi connectivity index (χ2v) is 6.27. The molecule has 1 heterocycles. The molecule has 0 aliphatic rings. The molecule has 0 saturated carbocycles. The van der Waals surface area contributed by atoms with Crippen molar-refractivity contribution in [2.75, 3.05) is 5.32 Å². The highest BCUT2D eigenvalue weighted by atomic mass is 35.5. The number of rotatable bonds is 5. The van der Waals surface area contributed by atoms with Gasteiger partial charge in [0.15, 0.2) is 11.9 Å². The van der Waals surface area contributed by atoms with E-state index in [4.69, 9.17) is 20.9 Å². The zero-order valence-electron chi connectivity index (χ0n) is 13.9. The lowest BCUT2D eigenvalue weighted by Crippen LogP contribution is -2.30. The fraction of sp³-hybridized carbons (Fsp3) is 0.412. The van der Waals surface area contributed by atoms with Gasteiger partial charge in [-0.3, -0.25) is 4.79 Å². The fourth-order valence-electron chi connectivity index (χ4n) is 2.14. The number of ether oxygens (including phenoxy) is 1. The third-order valence-corrected chi connectivity index (χ3v) is 3.80. The van der Waals surface area contributed by atoms with Crippen LogP contribution in [-0.2, 0) is 4.79 Å². The number of aryl methyl sites for hydroxylation is 2. The van der Waals surface area contributed by atoms with Crippen LogP contribution in [0.3, 0.4) is 0 Å². The molecule has 1 amide bonds. The average Bonchev–Trinajstić information content (AvgIpc) is 2.86. The predicted octanol–water partition coefficient (Wildman–Crippen LogP) is 4.47. The van der Waals surface area contributed by atoms with Gasteiger partial charge < -0.3 is 14.6 Å². The zero-order valence-corrected chi connectivity index (χ0v) is 14.7. The van der Waals surface area contributed by atoms with E-state index in [2.05, 4.69) is 24.3 Å². The van der Waals surface area contributed by atoms with Crippen molar-refractivity contribution >= 4 is 23.3 Å². The van der Waals surface area contributed by atoms with E-state index >= 15 is 0 Å². The summed E-state index contributed by atoms with van der Waals surface area (Å²) in [6, 6.07) is 5.40. The molecule has 1 N–H and O–H groups in total. The summed E-state index contributed by atoms with van der Waals surface area (Å²) in [6.45, 7) is 9.46. The number of nitrogens with one attached hydrogen (secondary N) is 1. The van der Waals surface area contributed by atoms with Gasteiger partial charge in [-0.15, -0.1) is 0 Å². The molecule has 1 aromatic carbocycles. The topological polar surface area (TPSA) is 64.4 Å². The van der Waals surface area contributed by atoms with Gasteiger partial charge in [-0.05, 0) is 49.9 Å². The number of anilines is 1. The van der Waals surface area contributed by atoms with Crippen LogP contribution < -0.4 is 10.1 Å². The number of halogens is 1. The first kappa shape index (κ1) is 17.3. The van der Waals surface area contributed by atoms with Crippen molar-refractivity contribution in [3.05, 3.63) is 40.1 Å². The van der Waals surface area contributed by atoms with E-state index in [0.717, 1.165) is 11.1 Å². The molecule has 0 radical (unpaired) electrons. The summed E-state index contributed by atoms with van der Waals surface area (Å²) in [5.74, 6) is 1.63.